The Balaban J connectivity index is 1.54. The predicted molar refractivity (Wildman–Crippen MR) is 112 cm³/mol. The van der Waals surface area contributed by atoms with Crippen LogP contribution < -0.4 is 20.1 Å². The highest BCUT2D eigenvalue weighted by atomic mass is 16.5. The zero-order valence-corrected chi connectivity index (χ0v) is 16.4. The average molecular weight is 390 g/mol. The zero-order chi connectivity index (χ0) is 20.2. The Hall–Kier alpha value is -3.61. The molecule has 0 saturated heterocycles. The van der Waals surface area contributed by atoms with Gasteiger partial charge in [0, 0.05) is 23.9 Å². The molecule has 0 bridgehead atoms. The number of carbonyl (C=O) groups excluding carboxylic acids is 1. The fourth-order valence-electron chi connectivity index (χ4n) is 3.41. The fraction of sp³-hybridized carbons (Fsp3) is 0.227. The van der Waals surface area contributed by atoms with Crippen molar-refractivity contribution < 1.29 is 14.3 Å². The van der Waals surface area contributed by atoms with E-state index in [9.17, 15) is 4.79 Å². The average Bonchev–Trinajstić information content (AvgIpc) is 2.88. The highest BCUT2D eigenvalue weighted by Crippen LogP contribution is 2.32. The van der Waals surface area contributed by atoms with Crippen LogP contribution in [0.5, 0.6) is 11.5 Å². The monoisotopic (exact) mass is 390 g/mol. The second-order valence-electron chi connectivity index (χ2n) is 6.69. The van der Waals surface area contributed by atoms with E-state index in [1.807, 2.05) is 42.5 Å². The van der Waals surface area contributed by atoms with Gasteiger partial charge in [-0.15, -0.1) is 0 Å². The van der Waals surface area contributed by atoms with Crippen molar-refractivity contribution in [3.05, 3.63) is 59.8 Å². The molecule has 0 aliphatic carbocycles. The number of nitrogens with zero attached hydrogens (tertiary/aromatic N) is 2. The van der Waals surface area contributed by atoms with Crippen LogP contribution in [-0.4, -0.2) is 36.6 Å². The van der Waals surface area contributed by atoms with Crippen LogP contribution in [0, 0.1) is 0 Å². The van der Waals surface area contributed by atoms with Crippen LogP contribution in [0.3, 0.4) is 0 Å². The van der Waals surface area contributed by atoms with E-state index < -0.39 is 0 Å². The van der Waals surface area contributed by atoms with Crippen molar-refractivity contribution in [1.82, 2.24) is 9.97 Å². The van der Waals surface area contributed by atoms with Crippen molar-refractivity contribution in [2.75, 3.05) is 31.4 Å². The number of hydrogen-bond acceptors (Lipinski definition) is 6. The zero-order valence-electron chi connectivity index (χ0n) is 16.4. The summed E-state index contributed by atoms with van der Waals surface area (Å²) in [5, 5.41) is 6.19. The lowest BCUT2D eigenvalue weighted by Gasteiger charge is -2.12. The number of amides is 1. The second kappa shape index (κ2) is 8.18. The van der Waals surface area contributed by atoms with Crippen molar-refractivity contribution in [2.45, 2.75) is 12.8 Å². The molecule has 7 heteroatoms. The first-order valence-corrected chi connectivity index (χ1v) is 9.38. The highest BCUT2D eigenvalue weighted by molar-refractivity contribution is 5.99. The molecule has 0 spiro atoms. The third kappa shape index (κ3) is 3.99. The summed E-state index contributed by atoms with van der Waals surface area (Å²) in [6.07, 6.45) is 2.70. The van der Waals surface area contributed by atoms with Crippen LogP contribution in [0.4, 0.5) is 11.6 Å². The Labute approximate surface area is 169 Å². The van der Waals surface area contributed by atoms with E-state index in [2.05, 4.69) is 20.6 Å². The van der Waals surface area contributed by atoms with E-state index >= 15 is 0 Å². The molecule has 2 heterocycles. The van der Waals surface area contributed by atoms with Crippen LogP contribution in [-0.2, 0) is 17.6 Å². The standard InChI is InChI=1S/C22H22N4O3/c1-28-16-7-8-19(29-2)14(11-16)9-10-23-22-24-13-15-12-20(27)25-18-6-4-3-5-17(18)21(15)26-22/h3-8,11,13H,9-10,12H2,1-2H3,(H,25,27)(H,23,24,26). The first-order valence-electron chi connectivity index (χ1n) is 9.38. The summed E-state index contributed by atoms with van der Waals surface area (Å²) in [6.45, 7) is 0.626. The number of ether oxygens (including phenoxy) is 2. The van der Waals surface area contributed by atoms with E-state index in [4.69, 9.17) is 9.47 Å². The number of anilines is 2. The van der Waals surface area contributed by atoms with Gasteiger partial charge >= 0.3 is 0 Å². The molecular weight excluding hydrogens is 368 g/mol. The van der Waals surface area contributed by atoms with E-state index in [1.165, 1.54) is 0 Å². The first-order chi connectivity index (χ1) is 14.2. The predicted octanol–water partition coefficient (Wildman–Crippen LogP) is 3.31. The van der Waals surface area contributed by atoms with Gasteiger partial charge in [-0.3, -0.25) is 4.79 Å². The van der Waals surface area contributed by atoms with Gasteiger partial charge in [0.1, 0.15) is 11.5 Å². The molecule has 1 aliphatic heterocycles. The van der Waals surface area contributed by atoms with Gasteiger partial charge in [-0.25, -0.2) is 9.97 Å². The molecule has 0 fully saturated rings. The quantitative estimate of drug-likeness (QED) is 0.672. The maximum absolute atomic E-state index is 12.1. The highest BCUT2D eigenvalue weighted by Gasteiger charge is 2.20. The normalized spacial score (nSPS) is 12.3. The van der Waals surface area contributed by atoms with Crippen molar-refractivity contribution in [3.63, 3.8) is 0 Å². The molecule has 148 valence electrons. The molecule has 1 aliphatic rings. The summed E-state index contributed by atoms with van der Waals surface area (Å²) < 4.78 is 10.7. The number of rotatable bonds is 6. The third-order valence-electron chi connectivity index (χ3n) is 4.84. The smallest absolute Gasteiger partial charge is 0.228 e. The molecule has 1 aromatic heterocycles. The van der Waals surface area contributed by atoms with Crippen LogP contribution in [0.25, 0.3) is 11.3 Å². The molecule has 0 atom stereocenters. The molecule has 0 saturated carbocycles. The van der Waals surface area contributed by atoms with Crippen LogP contribution in [0.2, 0.25) is 0 Å². The van der Waals surface area contributed by atoms with Gasteiger partial charge in [-0.05, 0) is 36.2 Å². The number of hydrogen-bond donors (Lipinski definition) is 2. The summed E-state index contributed by atoms with van der Waals surface area (Å²) in [4.78, 5) is 21.2. The number of aromatic nitrogens is 2. The number of para-hydroxylation sites is 1. The summed E-state index contributed by atoms with van der Waals surface area (Å²) in [7, 11) is 3.30. The summed E-state index contributed by atoms with van der Waals surface area (Å²) >= 11 is 0. The van der Waals surface area contributed by atoms with E-state index in [0.29, 0.717) is 12.5 Å². The van der Waals surface area contributed by atoms with Gasteiger partial charge < -0.3 is 20.1 Å². The van der Waals surface area contributed by atoms with E-state index in [0.717, 1.165) is 46.0 Å². The molecule has 0 radical (unpaired) electrons. The number of fused-ring (bicyclic) bond motifs is 3. The van der Waals surface area contributed by atoms with Gasteiger partial charge in [-0.2, -0.15) is 0 Å². The third-order valence-corrected chi connectivity index (χ3v) is 4.84. The fourth-order valence-corrected chi connectivity index (χ4v) is 3.41. The lowest BCUT2D eigenvalue weighted by atomic mass is 10.1. The summed E-state index contributed by atoms with van der Waals surface area (Å²) in [5.41, 5.74) is 4.28. The second-order valence-corrected chi connectivity index (χ2v) is 6.69. The number of nitrogens with one attached hydrogen (secondary N) is 2. The Morgan fingerprint density at radius 2 is 2.00 bits per heavy atom. The largest absolute Gasteiger partial charge is 0.497 e. The summed E-state index contributed by atoms with van der Waals surface area (Å²) in [6, 6.07) is 13.4. The van der Waals surface area contributed by atoms with Gasteiger partial charge in [0.15, 0.2) is 0 Å². The molecule has 1 amide bonds. The Kier molecular flexibility index (Phi) is 5.29. The Bertz CT molecular complexity index is 1050. The Morgan fingerprint density at radius 3 is 2.83 bits per heavy atom. The minimum atomic E-state index is -0.0642. The Morgan fingerprint density at radius 1 is 1.14 bits per heavy atom. The minimum Gasteiger partial charge on any atom is -0.497 e. The molecular formula is C22H22N4O3. The van der Waals surface area contributed by atoms with Crippen molar-refractivity contribution in [3.8, 4) is 22.8 Å². The van der Waals surface area contributed by atoms with Crippen LogP contribution in [0.1, 0.15) is 11.1 Å². The SMILES string of the molecule is COc1ccc(OC)c(CCNc2ncc3c(n2)-c2ccccc2NC(=O)C3)c1. The van der Waals surface area contributed by atoms with E-state index in [-0.39, 0.29) is 12.3 Å². The van der Waals surface area contributed by atoms with Gasteiger partial charge in [0.05, 0.1) is 32.0 Å². The summed E-state index contributed by atoms with van der Waals surface area (Å²) in [5.74, 6) is 2.06. The van der Waals surface area contributed by atoms with E-state index in [1.54, 1.807) is 20.4 Å². The molecule has 3 aromatic rings. The number of benzene rings is 2. The van der Waals surface area contributed by atoms with Gasteiger partial charge in [0.2, 0.25) is 11.9 Å². The molecule has 0 unspecified atom stereocenters. The topological polar surface area (TPSA) is 85.4 Å². The van der Waals surface area contributed by atoms with Gasteiger partial charge in [-0.1, -0.05) is 18.2 Å². The molecule has 2 N–H and O–H groups in total. The molecule has 29 heavy (non-hydrogen) atoms. The molecule has 4 rings (SSSR count). The van der Waals surface area contributed by atoms with Gasteiger partial charge in [0.25, 0.3) is 0 Å². The van der Waals surface area contributed by atoms with Crippen LogP contribution >= 0.6 is 0 Å². The number of carbonyl (C=O) groups is 1. The lowest BCUT2D eigenvalue weighted by molar-refractivity contribution is -0.115. The van der Waals surface area contributed by atoms with Crippen molar-refractivity contribution >= 4 is 17.5 Å². The molecule has 7 nitrogen and oxygen atoms in total. The van der Waals surface area contributed by atoms with Crippen LogP contribution in [0.15, 0.2) is 48.7 Å². The first kappa shape index (κ1) is 18.7. The van der Waals surface area contributed by atoms with Crippen molar-refractivity contribution in [1.29, 1.82) is 0 Å². The number of methoxy groups -OCH3 is 2. The molecule has 2 aromatic carbocycles. The van der Waals surface area contributed by atoms with Crippen molar-refractivity contribution in [2.24, 2.45) is 0 Å². The maximum atomic E-state index is 12.1. The minimum absolute atomic E-state index is 0.0642. The lowest BCUT2D eigenvalue weighted by Crippen LogP contribution is -2.13. The maximum Gasteiger partial charge on any atom is 0.228 e.